The van der Waals surface area contributed by atoms with E-state index >= 15 is 0 Å². The van der Waals surface area contributed by atoms with Crippen molar-refractivity contribution in [3.05, 3.63) is 34.1 Å². The third kappa shape index (κ3) is 2.33. The molecule has 0 saturated heterocycles. The molecule has 0 aliphatic carbocycles. The second kappa shape index (κ2) is 5.06. The van der Waals surface area contributed by atoms with Crippen molar-refractivity contribution in [2.24, 2.45) is 5.73 Å². The number of nitrogens with two attached hydrogens (primary N) is 1. The molecule has 0 heterocycles. The Bertz CT molecular complexity index is 402. The van der Waals surface area contributed by atoms with Gasteiger partial charge in [0, 0.05) is 0 Å². The van der Waals surface area contributed by atoms with Gasteiger partial charge in [-0.1, -0.05) is 19.9 Å². The summed E-state index contributed by atoms with van der Waals surface area (Å²) in [5, 5.41) is 0. The summed E-state index contributed by atoms with van der Waals surface area (Å²) in [6.45, 7) is 3.66. The SMILES string of the molecule is CCC(N)(CC)C(=O)c1cccc(Br)c1F. The fourth-order valence-electron chi connectivity index (χ4n) is 1.52. The first-order valence-electron chi connectivity index (χ1n) is 5.24. The fraction of sp³-hybridized carbons (Fsp3) is 0.417. The van der Waals surface area contributed by atoms with Gasteiger partial charge in [0.1, 0.15) is 5.82 Å². The molecule has 16 heavy (non-hydrogen) atoms. The molecule has 0 aliphatic heterocycles. The molecule has 0 atom stereocenters. The minimum atomic E-state index is -0.971. The number of carbonyl (C=O) groups excluding carboxylic acids is 1. The van der Waals surface area contributed by atoms with Crippen LogP contribution in [0.25, 0.3) is 0 Å². The molecule has 0 aliphatic rings. The summed E-state index contributed by atoms with van der Waals surface area (Å²) >= 11 is 3.06. The fourth-order valence-corrected chi connectivity index (χ4v) is 1.88. The van der Waals surface area contributed by atoms with Gasteiger partial charge in [0.05, 0.1) is 15.6 Å². The molecule has 0 bridgehead atoms. The first-order chi connectivity index (χ1) is 7.46. The molecule has 0 unspecified atom stereocenters. The zero-order chi connectivity index (χ0) is 12.3. The molecule has 2 N–H and O–H groups in total. The second-order valence-electron chi connectivity index (χ2n) is 3.79. The highest BCUT2D eigenvalue weighted by molar-refractivity contribution is 9.10. The van der Waals surface area contributed by atoms with Crippen LogP contribution in [0.15, 0.2) is 22.7 Å². The average Bonchev–Trinajstić information content (AvgIpc) is 2.31. The first kappa shape index (κ1) is 13.3. The molecule has 1 aromatic rings. The van der Waals surface area contributed by atoms with Crippen molar-refractivity contribution in [1.82, 2.24) is 0 Å². The molecule has 0 saturated carbocycles. The van der Waals surface area contributed by atoms with Crippen LogP contribution in [-0.4, -0.2) is 11.3 Å². The quantitative estimate of drug-likeness (QED) is 0.864. The molecular weight excluding hydrogens is 273 g/mol. The van der Waals surface area contributed by atoms with E-state index in [2.05, 4.69) is 15.9 Å². The van der Waals surface area contributed by atoms with Gasteiger partial charge in [0.15, 0.2) is 5.78 Å². The standard InChI is InChI=1S/C12H15BrFNO/c1-3-12(15,4-2)11(16)8-6-5-7-9(13)10(8)14/h5-7H,3-4,15H2,1-2H3. The summed E-state index contributed by atoms with van der Waals surface area (Å²) in [5.41, 5.74) is 5.05. The highest BCUT2D eigenvalue weighted by atomic mass is 79.9. The summed E-state index contributed by atoms with van der Waals surface area (Å²) in [6.07, 6.45) is 0.989. The van der Waals surface area contributed by atoms with Gasteiger partial charge in [0.25, 0.3) is 0 Å². The van der Waals surface area contributed by atoms with E-state index in [9.17, 15) is 9.18 Å². The maximum Gasteiger partial charge on any atom is 0.185 e. The number of carbonyl (C=O) groups is 1. The van der Waals surface area contributed by atoms with Gasteiger partial charge < -0.3 is 5.73 Å². The predicted octanol–water partition coefficient (Wildman–Crippen LogP) is 3.29. The van der Waals surface area contributed by atoms with Crippen LogP contribution in [0.3, 0.4) is 0 Å². The van der Waals surface area contributed by atoms with Crippen molar-refractivity contribution < 1.29 is 9.18 Å². The Kier molecular flexibility index (Phi) is 4.21. The maximum absolute atomic E-state index is 13.7. The summed E-state index contributed by atoms with van der Waals surface area (Å²) in [7, 11) is 0. The molecule has 88 valence electrons. The van der Waals surface area contributed by atoms with Crippen LogP contribution in [0.2, 0.25) is 0 Å². The Morgan fingerprint density at radius 2 is 2.00 bits per heavy atom. The van der Waals surface area contributed by atoms with Gasteiger partial charge in [-0.3, -0.25) is 4.79 Å². The Balaban J connectivity index is 3.19. The largest absolute Gasteiger partial charge is 0.319 e. The van der Waals surface area contributed by atoms with Crippen LogP contribution >= 0.6 is 15.9 Å². The van der Waals surface area contributed by atoms with E-state index in [1.807, 2.05) is 13.8 Å². The number of ketones is 1. The lowest BCUT2D eigenvalue weighted by molar-refractivity contribution is 0.0875. The van der Waals surface area contributed by atoms with E-state index in [-0.39, 0.29) is 15.8 Å². The molecular formula is C12H15BrFNO. The lowest BCUT2D eigenvalue weighted by Crippen LogP contribution is -2.47. The molecule has 0 fully saturated rings. The molecule has 0 aromatic heterocycles. The highest BCUT2D eigenvalue weighted by Gasteiger charge is 2.32. The van der Waals surface area contributed by atoms with Crippen molar-refractivity contribution >= 4 is 21.7 Å². The molecule has 2 nitrogen and oxygen atoms in total. The third-order valence-electron chi connectivity index (χ3n) is 2.91. The number of benzene rings is 1. The van der Waals surface area contributed by atoms with Gasteiger partial charge in [-0.15, -0.1) is 0 Å². The van der Waals surface area contributed by atoms with E-state index in [0.29, 0.717) is 12.8 Å². The van der Waals surface area contributed by atoms with Crippen LogP contribution in [-0.2, 0) is 0 Å². The molecule has 1 rings (SSSR count). The van der Waals surface area contributed by atoms with E-state index in [1.165, 1.54) is 6.07 Å². The predicted molar refractivity (Wildman–Crippen MR) is 65.9 cm³/mol. The lowest BCUT2D eigenvalue weighted by atomic mass is 9.85. The average molecular weight is 288 g/mol. The normalized spacial score (nSPS) is 11.6. The zero-order valence-electron chi connectivity index (χ0n) is 9.39. The molecule has 0 amide bonds. The summed E-state index contributed by atoms with van der Waals surface area (Å²) < 4.78 is 14.0. The molecule has 0 spiro atoms. The second-order valence-corrected chi connectivity index (χ2v) is 4.65. The smallest absolute Gasteiger partial charge is 0.185 e. The Morgan fingerprint density at radius 1 is 1.44 bits per heavy atom. The summed E-state index contributed by atoms with van der Waals surface area (Å²) in [6, 6.07) is 4.66. The minimum Gasteiger partial charge on any atom is -0.319 e. The number of hydrogen-bond acceptors (Lipinski definition) is 2. The number of hydrogen-bond donors (Lipinski definition) is 1. The van der Waals surface area contributed by atoms with Crippen molar-refractivity contribution in [1.29, 1.82) is 0 Å². The molecule has 0 radical (unpaired) electrons. The monoisotopic (exact) mass is 287 g/mol. The van der Waals surface area contributed by atoms with Crippen LogP contribution in [0, 0.1) is 5.82 Å². The number of halogens is 2. The highest BCUT2D eigenvalue weighted by Crippen LogP contribution is 2.24. The van der Waals surface area contributed by atoms with Crippen LogP contribution in [0.5, 0.6) is 0 Å². The topological polar surface area (TPSA) is 43.1 Å². The number of Topliss-reactive ketones (excluding diaryl/α,β-unsaturated/α-hetero) is 1. The van der Waals surface area contributed by atoms with Gasteiger partial charge in [0.2, 0.25) is 0 Å². The van der Waals surface area contributed by atoms with Crippen LogP contribution in [0.1, 0.15) is 37.0 Å². The Morgan fingerprint density at radius 3 is 2.50 bits per heavy atom. The van der Waals surface area contributed by atoms with Crippen molar-refractivity contribution in [2.75, 3.05) is 0 Å². The summed E-state index contributed by atoms with van der Waals surface area (Å²) in [5.74, 6) is -0.875. The van der Waals surface area contributed by atoms with Gasteiger partial charge in [-0.2, -0.15) is 0 Å². The van der Waals surface area contributed by atoms with E-state index in [4.69, 9.17) is 5.73 Å². The van der Waals surface area contributed by atoms with Crippen LogP contribution < -0.4 is 5.73 Å². The van der Waals surface area contributed by atoms with E-state index in [0.717, 1.165) is 0 Å². The first-order valence-corrected chi connectivity index (χ1v) is 6.03. The minimum absolute atomic E-state index is 0.0561. The van der Waals surface area contributed by atoms with Crippen molar-refractivity contribution in [3.8, 4) is 0 Å². The van der Waals surface area contributed by atoms with Crippen molar-refractivity contribution in [3.63, 3.8) is 0 Å². The van der Waals surface area contributed by atoms with E-state index in [1.54, 1.807) is 12.1 Å². The molecule has 1 aromatic carbocycles. The van der Waals surface area contributed by atoms with Gasteiger partial charge >= 0.3 is 0 Å². The third-order valence-corrected chi connectivity index (χ3v) is 3.52. The number of rotatable bonds is 4. The summed E-state index contributed by atoms with van der Waals surface area (Å²) in [4.78, 5) is 12.1. The maximum atomic E-state index is 13.7. The zero-order valence-corrected chi connectivity index (χ0v) is 11.0. The van der Waals surface area contributed by atoms with Crippen molar-refractivity contribution in [2.45, 2.75) is 32.2 Å². The Hall–Kier alpha value is -0.740. The lowest BCUT2D eigenvalue weighted by Gasteiger charge is -2.25. The Labute approximate surface area is 103 Å². The van der Waals surface area contributed by atoms with E-state index < -0.39 is 11.4 Å². The van der Waals surface area contributed by atoms with Crippen LogP contribution in [0.4, 0.5) is 4.39 Å². The van der Waals surface area contributed by atoms with Gasteiger partial charge in [-0.25, -0.2) is 4.39 Å². The molecule has 4 heteroatoms. The van der Waals surface area contributed by atoms with Gasteiger partial charge in [-0.05, 0) is 40.9 Å².